The van der Waals surface area contributed by atoms with Crippen molar-refractivity contribution >= 4 is 0 Å². The van der Waals surface area contributed by atoms with E-state index in [-0.39, 0.29) is 0 Å². The zero-order valence-electron chi connectivity index (χ0n) is 12.7. The summed E-state index contributed by atoms with van der Waals surface area (Å²) in [5.74, 6) is 2.53. The molecule has 1 N–H and O–H groups in total. The van der Waals surface area contributed by atoms with Crippen molar-refractivity contribution in [2.45, 2.75) is 33.6 Å². The maximum Gasteiger partial charge on any atom is 0.118 e. The van der Waals surface area contributed by atoms with Crippen molar-refractivity contribution in [3.63, 3.8) is 0 Å². The Balaban J connectivity index is 1.79. The Kier molecular flexibility index (Phi) is 4.51. The van der Waals surface area contributed by atoms with Gasteiger partial charge in [-0.3, -0.25) is 0 Å². The maximum absolute atomic E-state index is 5.20. The van der Waals surface area contributed by atoms with Gasteiger partial charge in [0.25, 0.3) is 0 Å². The first-order valence-electron chi connectivity index (χ1n) is 7.37. The van der Waals surface area contributed by atoms with Gasteiger partial charge in [0.2, 0.25) is 0 Å². The molecule has 0 spiro atoms. The van der Waals surface area contributed by atoms with Crippen molar-refractivity contribution < 1.29 is 4.74 Å². The van der Waals surface area contributed by atoms with Crippen LogP contribution in [0.3, 0.4) is 0 Å². The van der Waals surface area contributed by atoms with E-state index in [2.05, 4.69) is 50.4 Å². The zero-order chi connectivity index (χ0) is 13.9. The lowest BCUT2D eigenvalue weighted by Gasteiger charge is -2.13. The highest BCUT2D eigenvalue weighted by atomic mass is 16.5. The Morgan fingerprint density at radius 1 is 1.32 bits per heavy atom. The second kappa shape index (κ2) is 5.96. The first-order chi connectivity index (χ1) is 9.03. The minimum atomic E-state index is 0.499. The molecule has 0 heterocycles. The molecule has 19 heavy (non-hydrogen) atoms. The van der Waals surface area contributed by atoms with Gasteiger partial charge < -0.3 is 10.1 Å². The summed E-state index contributed by atoms with van der Waals surface area (Å²) in [6.45, 7) is 9.24. The van der Waals surface area contributed by atoms with Crippen molar-refractivity contribution in [3.8, 4) is 5.75 Å². The van der Waals surface area contributed by atoms with Crippen molar-refractivity contribution in [2.75, 3.05) is 20.2 Å². The third-order valence-electron chi connectivity index (χ3n) is 4.25. The maximum atomic E-state index is 5.20. The Hall–Kier alpha value is -1.02. The lowest BCUT2D eigenvalue weighted by molar-refractivity contribution is 0.414. The highest BCUT2D eigenvalue weighted by Gasteiger charge is 2.48. The van der Waals surface area contributed by atoms with Crippen molar-refractivity contribution in [1.29, 1.82) is 0 Å². The number of rotatable bonds is 7. The van der Waals surface area contributed by atoms with Crippen LogP contribution in [0.25, 0.3) is 0 Å². The molecule has 2 atom stereocenters. The quantitative estimate of drug-likeness (QED) is 0.811. The molecule has 1 fully saturated rings. The largest absolute Gasteiger partial charge is 0.497 e. The normalized spacial score (nSPS) is 25.6. The molecule has 2 rings (SSSR count). The lowest BCUT2D eigenvalue weighted by Crippen LogP contribution is -2.23. The van der Waals surface area contributed by atoms with Gasteiger partial charge in [0.15, 0.2) is 0 Å². The molecule has 1 aromatic carbocycles. The molecule has 1 aliphatic carbocycles. The number of benzene rings is 1. The van der Waals surface area contributed by atoms with Gasteiger partial charge >= 0.3 is 0 Å². The fourth-order valence-electron chi connectivity index (χ4n) is 2.79. The van der Waals surface area contributed by atoms with Crippen LogP contribution in [-0.4, -0.2) is 20.2 Å². The molecule has 0 aliphatic heterocycles. The molecule has 0 amide bonds. The summed E-state index contributed by atoms with van der Waals surface area (Å²) < 4.78 is 5.20. The molecule has 1 saturated carbocycles. The molecule has 0 aromatic heterocycles. The Morgan fingerprint density at radius 3 is 2.58 bits per heavy atom. The highest BCUT2D eigenvalue weighted by Crippen LogP contribution is 2.54. The Bertz CT molecular complexity index is 398. The number of ether oxygens (including phenoxy) is 1. The number of hydrogen-bond donors (Lipinski definition) is 1. The predicted molar refractivity (Wildman–Crippen MR) is 80.6 cm³/mol. The van der Waals surface area contributed by atoms with Crippen molar-refractivity contribution in [2.24, 2.45) is 17.3 Å². The predicted octanol–water partition coefficient (Wildman–Crippen LogP) is 3.51. The molecule has 0 bridgehead atoms. The Morgan fingerprint density at radius 2 is 2.00 bits per heavy atom. The molecule has 1 aliphatic rings. The van der Waals surface area contributed by atoms with Gasteiger partial charge in [-0.1, -0.05) is 32.9 Å². The average Bonchev–Trinajstić information content (AvgIpc) is 3.00. The molecule has 2 nitrogen and oxygen atoms in total. The van der Waals surface area contributed by atoms with Gasteiger partial charge in [-0.05, 0) is 60.9 Å². The standard InChI is InChI=1S/C17H27NO/c1-13(2)11-18-12-15-10-17(15,3)9-14-5-7-16(19-4)8-6-14/h5-8,13,15,18H,9-12H2,1-4H3. The van der Waals surface area contributed by atoms with Gasteiger partial charge in [0.1, 0.15) is 5.75 Å². The third-order valence-corrected chi connectivity index (χ3v) is 4.25. The summed E-state index contributed by atoms with van der Waals surface area (Å²) in [4.78, 5) is 0. The third kappa shape index (κ3) is 3.97. The van der Waals surface area contributed by atoms with E-state index in [1.54, 1.807) is 7.11 Å². The van der Waals surface area contributed by atoms with E-state index in [1.165, 1.54) is 24.9 Å². The fraction of sp³-hybridized carbons (Fsp3) is 0.647. The van der Waals surface area contributed by atoms with Crippen molar-refractivity contribution in [3.05, 3.63) is 29.8 Å². The second-order valence-electron chi connectivity index (χ2n) is 6.63. The summed E-state index contributed by atoms with van der Waals surface area (Å²) in [5.41, 5.74) is 1.92. The van der Waals surface area contributed by atoms with Crippen molar-refractivity contribution in [1.82, 2.24) is 5.32 Å². The topological polar surface area (TPSA) is 21.3 Å². The fourth-order valence-corrected chi connectivity index (χ4v) is 2.79. The van der Waals surface area contributed by atoms with Crippen LogP contribution < -0.4 is 10.1 Å². The summed E-state index contributed by atoms with van der Waals surface area (Å²) in [7, 11) is 1.72. The molecule has 2 unspecified atom stereocenters. The van der Waals surface area contributed by atoms with Gasteiger partial charge in [-0.25, -0.2) is 0 Å². The van der Waals surface area contributed by atoms with Crippen LogP contribution >= 0.6 is 0 Å². The van der Waals surface area contributed by atoms with E-state index in [0.717, 1.165) is 24.1 Å². The van der Waals surface area contributed by atoms with Crippen LogP contribution in [0.5, 0.6) is 5.75 Å². The van der Waals surface area contributed by atoms with E-state index < -0.39 is 0 Å². The smallest absolute Gasteiger partial charge is 0.118 e. The molecular formula is C17H27NO. The molecule has 2 heteroatoms. The monoisotopic (exact) mass is 261 g/mol. The zero-order valence-corrected chi connectivity index (χ0v) is 12.7. The van der Waals surface area contributed by atoms with Crippen LogP contribution in [0.2, 0.25) is 0 Å². The number of methoxy groups -OCH3 is 1. The van der Waals surface area contributed by atoms with Crippen LogP contribution in [0, 0.1) is 17.3 Å². The highest BCUT2D eigenvalue weighted by molar-refractivity contribution is 5.28. The number of nitrogens with one attached hydrogen (secondary N) is 1. The van der Waals surface area contributed by atoms with Crippen LogP contribution in [0.1, 0.15) is 32.8 Å². The van der Waals surface area contributed by atoms with Crippen LogP contribution in [0.4, 0.5) is 0 Å². The summed E-state index contributed by atoms with van der Waals surface area (Å²) in [5, 5.41) is 3.59. The minimum Gasteiger partial charge on any atom is -0.497 e. The first kappa shape index (κ1) is 14.4. The van der Waals surface area contributed by atoms with Crippen LogP contribution in [0.15, 0.2) is 24.3 Å². The summed E-state index contributed by atoms with van der Waals surface area (Å²) in [6, 6.07) is 8.52. The van der Waals surface area contributed by atoms with Gasteiger partial charge in [0.05, 0.1) is 7.11 Å². The molecule has 1 aromatic rings. The first-order valence-corrected chi connectivity index (χ1v) is 7.37. The van der Waals surface area contributed by atoms with E-state index in [1.807, 2.05) is 0 Å². The van der Waals surface area contributed by atoms with E-state index in [4.69, 9.17) is 4.74 Å². The minimum absolute atomic E-state index is 0.499. The number of hydrogen-bond acceptors (Lipinski definition) is 2. The summed E-state index contributed by atoms with van der Waals surface area (Å²) >= 11 is 0. The average molecular weight is 261 g/mol. The molecule has 0 radical (unpaired) electrons. The Labute approximate surface area is 117 Å². The molecular weight excluding hydrogens is 234 g/mol. The van der Waals surface area contributed by atoms with E-state index in [9.17, 15) is 0 Å². The lowest BCUT2D eigenvalue weighted by atomic mass is 9.96. The van der Waals surface area contributed by atoms with E-state index in [0.29, 0.717) is 5.41 Å². The van der Waals surface area contributed by atoms with Gasteiger partial charge in [-0.15, -0.1) is 0 Å². The summed E-state index contributed by atoms with van der Waals surface area (Å²) in [6.07, 6.45) is 2.54. The van der Waals surface area contributed by atoms with Gasteiger partial charge in [0, 0.05) is 0 Å². The molecule has 106 valence electrons. The second-order valence-corrected chi connectivity index (χ2v) is 6.63. The molecule has 0 saturated heterocycles. The van der Waals surface area contributed by atoms with Gasteiger partial charge in [-0.2, -0.15) is 0 Å². The van der Waals surface area contributed by atoms with E-state index >= 15 is 0 Å². The van der Waals surface area contributed by atoms with Crippen LogP contribution in [-0.2, 0) is 6.42 Å². The SMILES string of the molecule is COc1ccc(CC2(C)CC2CNCC(C)C)cc1.